The van der Waals surface area contributed by atoms with Crippen LogP contribution in [0.2, 0.25) is 10.0 Å². The minimum absolute atomic E-state index is 0.0888. The Morgan fingerprint density at radius 1 is 0.769 bits per heavy atom. The Labute approximate surface area is 240 Å². The molecule has 0 saturated carbocycles. The Bertz CT molecular complexity index is 1510. The maximum absolute atomic E-state index is 13.2. The maximum Gasteiger partial charge on any atom is 0.272 e. The Balaban J connectivity index is 1.43. The second-order valence-corrected chi connectivity index (χ2v) is 10.1. The highest BCUT2D eigenvalue weighted by atomic mass is 35.5. The Morgan fingerprint density at radius 3 is 2.23 bits per heavy atom. The van der Waals surface area contributed by atoms with E-state index in [1.54, 1.807) is 66.7 Å². The molecule has 0 saturated heterocycles. The molecule has 0 aliphatic carbocycles. The van der Waals surface area contributed by atoms with Crippen LogP contribution in [0.5, 0.6) is 0 Å². The average molecular weight is 577 g/mol. The van der Waals surface area contributed by atoms with Gasteiger partial charge in [0.1, 0.15) is 5.70 Å². The number of hydrogen-bond donors (Lipinski definition) is 3. The van der Waals surface area contributed by atoms with Gasteiger partial charge in [-0.05, 0) is 60.2 Å². The molecule has 6 nitrogen and oxygen atoms in total. The molecular weight excluding hydrogens is 553 g/mol. The minimum atomic E-state index is -0.487. The molecule has 0 aliphatic heterocycles. The molecule has 0 heterocycles. The number of rotatable bonds is 9. The van der Waals surface area contributed by atoms with Crippen molar-refractivity contribution < 1.29 is 14.4 Å². The van der Waals surface area contributed by atoms with Crippen LogP contribution in [0.1, 0.15) is 15.9 Å². The smallest absolute Gasteiger partial charge is 0.272 e. The van der Waals surface area contributed by atoms with Gasteiger partial charge in [0, 0.05) is 21.2 Å². The minimum Gasteiger partial charge on any atom is -0.324 e. The van der Waals surface area contributed by atoms with Gasteiger partial charge >= 0.3 is 0 Å². The lowest BCUT2D eigenvalue weighted by molar-refractivity contribution is -0.114. The molecule has 9 heteroatoms. The second-order valence-electron chi connectivity index (χ2n) is 8.23. The van der Waals surface area contributed by atoms with E-state index in [1.807, 2.05) is 42.5 Å². The van der Waals surface area contributed by atoms with Crippen LogP contribution in [0.15, 0.2) is 114 Å². The SMILES string of the molecule is O=C(CSc1cccc(NC(=O)/C(=C/c2ccccc2)NC(=O)c2ccccc2)c1)Nc1cc(Cl)ccc1Cl. The predicted octanol–water partition coefficient (Wildman–Crippen LogP) is 7.13. The Hall–Kier alpha value is -4.04. The third-order valence-corrected chi connectivity index (χ3v) is 6.86. The fraction of sp³-hybridized carbons (Fsp3) is 0.0333. The number of carbonyl (C=O) groups excluding carboxylic acids is 3. The van der Waals surface area contributed by atoms with Crippen LogP contribution in [-0.4, -0.2) is 23.5 Å². The summed E-state index contributed by atoms with van der Waals surface area (Å²) in [7, 11) is 0. The van der Waals surface area contributed by atoms with Gasteiger partial charge in [0.05, 0.1) is 16.5 Å². The van der Waals surface area contributed by atoms with E-state index in [-0.39, 0.29) is 17.4 Å². The molecule has 0 radical (unpaired) electrons. The van der Waals surface area contributed by atoms with Crippen molar-refractivity contribution >= 4 is 70.1 Å². The van der Waals surface area contributed by atoms with Crippen LogP contribution in [0.4, 0.5) is 11.4 Å². The van der Waals surface area contributed by atoms with Crippen molar-refractivity contribution in [2.75, 3.05) is 16.4 Å². The third kappa shape index (κ3) is 8.48. The van der Waals surface area contributed by atoms with Crippen LogP contribution in [-0.2, 0) is 9.59 Å². The zero-order chi connectivity index (χ0) is 27.6. The normalized spacial score (nSPS) is 11.0. The monoisotopic (exact) mass is 575 g/mol. The molecule has 3 amide bonds. The molecule has 0 spiro atoms. The largest absolute Gasteiger partial charge is 0.324 e. The van der Waals surface area contributed by atoms with Crippen molar-refractivity contribution in [3.63, 3.8) is 0 Å². The summed E-state index contributed by atoms with van der Waals surface area (Å²) in [4.78, 5) is 39.2. The summed E-state index contributed by atoms with van der Waals surface area (Å²) in [5.41, 5.74) is 2.22. The number of carbonyl (C=O) groups is 3. The van der Waals surface area contributed by atoms with E-state index in [1.165, 1.54) is 11.8 Å². The summed E-state index contributed by atoms with van der Waals surface area (Å²) in [6, 6.07) is 29.8. The number of halogens is 2. The van der Waals surface area contributed by atoms with E-state index in [2.05, 4.69) is 16.0 Å². The molecule has 0 atom stereocenters. The zero-order valence-corrected chi connectivity index (χ0v) is 22.8. The lowest BCUT2D eigenvalue weighted by Crippen LogP contribution is -2.30. The van der Waals surface area contributed by atoms with Crippen LogP contribution >= 0.6 is 35.0 Å². The first-order chi connectivity index (χ1) is 18.9. The summed E-state index contributed by atoms with van der Waals surface area (Å²) in [6.45, 7) is 0. The van der Waals surface area contributed by atoms with E-state index in [0.717, 1.165) is 10.5 Å². The molecule has 0 fully saturated rings. The summed E-state index contributed by atoms with van der Waals surface area (Å²) in [5.74, 6) is -1.02. The predicted molar refractivity (Wildman–Crippen MR) is 159 cm³/mol. The second kappa shape index (κ2) is 13.7. The standard InChI is InChI=1S/C30H23Cl2N3O3S/c31-22-14-15-25(32)26(17-22)34-28(36)19-39-24-13-7-12-23(18-24)33-30(38)27(16-20-8-3-1-4-9-20)35-29(37)21-10-5-2-6-11-21/h1-18H,19H2,(H,33,38)(H,34,36)(H,35,37)/b27-16-. The molecule has 39 heavy (non-hydrogen) atoms. The van der Waals surface area contributed by atoms with Crippen LogP contribution in [0.25, 0.3) is 6.08 Å². The fourth-order valence-electron chi connectivity index (χ4n) is 3.45. The van der Waals surface area contributed by atoms with Crippen LogP contribution < -0.4 is 16.0 Å². The van der Waals surface area contributed by atoms with Crippen molar-refractivity contribution in [2.45, 2.75) is 4.90 Å². The fourth-order valence-corrected chi connectivity index (χ4v) is 4.54. The lowest BCUT2D eigenvalue weighted by atomic mass is 10.1. The molecule has 0 aliphatic rings. The first-order valence-corrected chi connectivity index (χ1v) is 13.5. The van der Waals surface area contributed by atoms with Gasteiger partial charge in [-0.15, -0.1) is 11.8 Å². The lowest BCUT2D eigenvalue weighted by Gasteiger charge is -2.12. The van der Waals surface area contributed by atoms with Gasteiger partial charge in [-0.3, -0.25) is 14.4 Å². The van der Waals surface area contributed by atoms with Crippen molar-refractivity contribution in [1.82, 2.24) is 5.32 Å². The molecule has 0 aromatic heterocycles. The highest BCUT2D eigenvalue weighted by Gasteiger charge is 2.15. The van der Waals surface area contributed by atoms with Gasteiger partial charge in [-0.2, -0.15) is 0 Å². The van der Waals surface area contributed by atoms with Gasteiger partial charge < -0.3 is 16.0 Å². The van der Waals surface area contributed by atoms with Gasteiger partial charge in [0.2, 0.25) is 5.91 Å². The van der Waals surface area contributed by atoms with Crippen molar-refractivity contribution in [2.24, 2.45) is 0 Å². The first kappa shape index (κ1) is 28.0. The average Bonchev–Trinajstić information content (AvgIpc) is 2.95. The van der Waals surface area contributed by atoms with Crippen LogP contribution in [0.3, 0.4) is 0 Å². The molecule has 0 bridgehead atoms. The Kier molecular flexibility index (Phi) is 9.80. The zero-order valence-electron chi connectivity index (χ0n) is 20.5. The first-order valence-electron chi connectivity index (χ1n) is 11.8. The molecule has 196 valence electrons. The summed E-state index contributed by atoms with van der Waals surface area (Å²) < 4.78 is 0. The van der Waals surface area contributed by atoms with Crippen LogP contribution in [0, 0.1) is 0 Å². The number of thioether (sulfide) groups is 1. The van der Waals surface area contributed by atoms with E-state index < -0.39 is 11.8 Å². The van der Waals surface area contributed by atoms with E-state index >= 15 is 0 Å². The molecule has 4 aromatic carbocycles. The quantitative estimate of drug-likeness (QED) is 0.146. The summed E-state index contributed by atoms with van der Waals surface area (Å²) in [5, 5.41) is 9.15. The van der Waals surface area contributed by atoms with E-state index in [9.17, 15) is 14.4 Å². The topological polar surface area (TPSA) is 87.3 Å². The summed E-state index contributed by atoms with van der Waals surface area (Å²) in [6.07, 6.45) is 1.61. The molecule has 4 aromatic rings. The number of anilines is 2. The summed E-state index contributed by atoms with van der Waals surface area (Å²) >= 11 is 13.4. The van der Waals surface area contributed by atoms with E-state index in [4.69, 9.17) is 23.2 Å². The third-order valence-electron chi connectivity index (χ3n) is 5.30. The number of hydrogen-bond acceptors (Lipinski definition) is 4. The van der Waals surface area contributed by atoms with Crippen molar-refractivity contribution in [1.29, 1.82) is 0 Å². The van der Waals surface area contributed by atoms with Gasteiger partial charge in [0.15, 0.2) is 0 Å². The molecule has 3 N–H and O–H groups in total. The number of benzene rings is 4. The van der Waals surface area contributed by atoms with Crippen molar-refractivity contribution in [3.05, 3.63) is 130 Å². The highest BCUT2D eigenvalue weighted by Crippen LogP contribution is 2.27. The Morgan fingerprint density at radius 2 is 1.49 bits per heavy atom. The molecular formula is C30H23Cl2N3O3S. The van der Waals surface area contributed by atoms with Crippen molar-refractivity contribution in [3.8, 4) is 0 Å². The van der Waals surface area contributed by atoms with E-state index in [0.29, 0.717) is 27.0 Å². The maximum atomic E-state index is 13.2. The molecule has 4 rings (SSSR count). The van der Waals surface area contributed by atoms with Gasteiger partial charge in [0.25, 0.3) is 11.8 Å². The molecule has 0 unspecified atom stereocenters. The van der Waals surface area contributed by atoms with Gasteiger partial charge in [-0.25, -0.2) is 0 Å². The van der Waals surface area contributed by atoms with Gasteiger partial charge in [-0.1, -0.05) is 77.8 Å². The highest BCUT2D eigenvalue weighted by molar-refractivity contribution is 8.00. The number of amides is 3. The number of nitrogens with one attached hydrogen (secondary N) is 3.